The number of nitrogens with one attached hydrogen (secondary N) is 1. The van der Waals surface area contributed by atoms with Crippen LogP contribution in [0.4, 0.5) is 8.78 Å². The molecule has 1 N–H and O–H groups in total. The highest BCUT2D eigenvalue weighted by Gasteiger charge is 2.74. The molecule has 0 aromatic heterocycles. The lowest BCUT2D eigenvalue weighted by molar-refractivity contribution is -0.124. The van der Waals surface area contributed by atoms with E-state index in [1.54, 1.807) is 0 Å². The Morgan fingerprint density at radius 3 is 2.80 bits per heavy atom. The zero-order valence-electron chi connectivity index (χ0n) is 10.5. The van der Waals surface area contributed by atoms with E-state index in [0.29, 0.717) is 12.0 Å². The fraction of sp³-hybridized carbons (Fsp3) is 0.429. The highest BCUT2D eigenvalue weighted by molar-refractivity contribution is 5.90. The Hall–Kier alpha value is -2.16. The van der Waals surface area contributed by atoms with E-state index < -0.39 is 17.7 Å². The van der Waals surface area contributed by atoms with Crippen molar-refractivity contribution in [1.29, 1.82) is 5.26 Å². The Morgan fingerprint density at radius 1 is 1.55 bits per heavy atom. The predicted molar refractivity (Wildman–Crippen MR) is 64.6 cm³/mol. The first-order valence-electron chi connectivity index (χ1n) is 6.33. The molecule has 1 amide bonds. The van der Waals surface area contributed by atoms with E-state index in [2.05, 4.69) is 5.32 Å². The van der Waals surface area contributed by atoms with Gasteiger partial charge in [-0.25, -0.2) is 8.78 Å². The van der Waals surface area contributed by atoms with E-state index in [9.17, 15) is 13.6 Å². The van der Waals surface area contributed by atoms with Crippen LogP contribution < -0.4 is 10.1 Å². The molecule has 0 bridgehead atoms. The largest absolute Gasteiger partial charge is 0.487 e. The van der Waals surface area contributed by atoms with Gasteiger partial charge in [0.2, 0.25) is 5.91 Å². The van der Waals surface area contributed by atoms with E-state index in [0.717, 1.165) is 25.0 Å². The molecule has 2 fully saturated rings. The summed E-state index contributed by atoms with van der Waals surface area (Å²) in [5.41, 5.74) is -0.226. The lowest BCUT2D eigenvalue weighted by Crippen LogP contribution is -2.40. The van der Waals surface area contributed by atoms with Crippen LogP contribution >= 0.6 is 0 Å². The van der Waals surface area contributed by atoms with Gasteiger partial charge in [0.25, 0.3) is 0 Å². The second kappa shape index (κ2) is 4.44. The van der Waals surface area contributed by atoms with Crippen molar-refractivity contribution in [1.82, 2.24) is 5.32 Å². The van der Waals surface area contributed by atoms with Crippen molar-refractivity contribution >= 4 is 5.91 Å². The summed E-state index contributed by atoms with van der Waals surface area (Å²) in [6.45, 7) is -0.175. The molecule has 0 aliphatic heterocycles. The van der Waals surface area contributed by atoms with E-state index in [1.165, 1.54) is 0 Å². The average Bonchev–Trinajstić information content (AvgIpc) is 3.24. The van der Waals surface area contributed by atoms with Gasteiger partial charge >= 0.3 is 0 Å². The number of hydrogen-bond donors (Lipinski definition) is 1. The van der Waals surface area contributed by atoms with Crippen LogP contribution in [-0.4, -0.2) is 18.6 Å². The number of carbonyl (C=O) groups is 1. The molecule has 1 aromatic carbocycles. The van der Waals surface area contributed by atoms with Crippen LogP contribution in [0.25, 0.3) is 0 Å². The summed E-state index contributed by atoms with van der Waals surface area (Å²) >= 11 is 0. The number of halogens is 2. The number of carbonyl (C=O) groups excluding carboxylic acids is 1. The van der Waals surface area contributed by atoms with Crippen LogP contribution in [0.1, 0.15) is 12.8 Å². The van der Waals surface area contributed by atoms with Gasteiger partial charge in [-0.1, -0.05) is 0 Å². The van der Waals surface area contributed by atoms with Gasteiger partial charge in [0.1, 0.15) is 12.4 Å². The number of nitriles is 1. The summed E-state index contributed by atoms with van der Waals surface area (Å²) in [5, 5.41) is 11.6. The van der Waals surface area contributed by atoms with Crippen molar-refractivity contribution in [3.05, 3.63) is 29.8 Å². The van der Waals surface area contributed by atoms with Crippen molar-refractivity contribution in [2.24, 2.45) is 11.3 Å². The smallest absolute Gasteiger partial charge is 0.227 e. The maximum absolute atomic E-state index is 13.3. The Bertz CT molecular complexity index is 606. The van der Waals surface area contributed by atoms with Gasteiger partial charge < -0.3 is 10.1 Å². The van der Waals surface area contributed by atoms with Crippen molar-refractivity contribution in [2.45, 2.75) is 18.9 Å². The molecule has 1 unspecified atom stereocenters. The Kier molecular flexibility index (Phi) is 2.85. The highest BCUT2D eigenvalue weighted by Crippen LogP contribution is 2.75. The van der Waals surface area contributed by atoms with E-state index in [1.807, 2.05) is 6.07 Å². The van der Waals surface area contributed by atoms with Gasteiger partial charge in [-0.2, -0.15) is 5.26 Å². The predicted octanol–water partition coefficient (Wildman–Crippen LogP) is 1.76. The summed E-state index contributed by atoms with van der Waals surface area (Å²) < 4.78 is 31.2. The van der Waals surface area contributed by atoms with Crippen LogP contribution in [0.5, 0.6) is 5.75 Å². The third-order valence-electron chi connectivity index (χ3n) is 3.90. The fourth-order valence-corrected chi connectivity index (χ4v) is 2.25. The van der Waals surface area contributed by atoms with Crippen LogP contribution in [0.3, 0.4) is 0 Å². The first kappa shape index (κ1) is 12.9. The zero-order valence-corrected chi connectivity index (χ0v) is 10.5. The zero-order chi connectivity index (χ0) is 14.3. The number of amides is 1. The highest BCUT2D eigenvalue weighted by atomic mass is 19.1. The van der Waals surface area contributed by atoms with Crippen molar-refractivity contribution < 1.29 is 18.3 Å². The molecule has 1 atom stereocenters. The molecule has 20 heavy (non-hydrogen) atoms. The number of nitrogens with zero attached hydrogens (tertiary/aromatic N) is 1. The minimum atomic E-state index is -0.844. The van der Waals surface area contributed by atoms with Gasteiger partial charge in [-0.15, -0.1) is 0 Å². The van der Waals surface area contributed by atoms with Gasteiger partial charge in [0.15, 0.2) is 17.6 Å². The molecule has 3 rings (SSSR count). The molecule has 0 saturated heterocycles. The Labute approximate surface area is 114 Å². The van der Waals surface area contributed by atoms with E-state index in [4.69, 9.17) is 10.00 Å². The SMILES string of the molecule is N#CC(COc1ccc(F)cc1F)NC(=O)C12CC1C2. The second-order valence-electron chi connectivity index (χ2n) is 5.30. The molecular formula is C14H12F2N2O2. The molecule has 4 nitrogen and oxygen atoms in total. The van der Waals surface area contributed by atoms with Crippen LogP contribution in [0, 0.1) is 34.3 Å². The summed E-state index contributed by atoms with van der Waals surface area (Å²) in [5.74, 6) is -1.33. The molecule has 0 heterocycles. The first-order valence-corrected chi connectivity index (χ1v) is 6.33. The number of benzene rings is 1. The molecule has 0 spiro atoms. The number of ether oxygens (including phenoxy) is 1. The first-order chi connectivity index (χ1) is 9.55. The van der Waals surface area contributed by atoms with Gasteiger partial charge in [-0.05, 0) is 30.9 Å². The number of fused-ring (bicyclic) bond motifs is 1. The summed E-state index contributed by atoms with van der Waals surface area (Å²) in [6, 6.07) is 3.97. The van der Waals surface area contributed by atoms with E-state index in [-0.39, 0.29) is 23.7 Å². The van der Waals surface area contributed by atoms with Gasteiger partial charge in [-0.3, -0.25) is 4.79 Å². The summed E-state index contributed by atoms with van der Waals surface area (Å²) in [6.07, 6.45) is 1.79. The van der Waals surface area contributed by atoms with Crippen LogP contribution in [0.15, 0.2) is 18.2 Å². The average molecular weight is 278 g/mol. The monoisotopic (exact) mass is 278 g/mol. The van der Waals surface area contributed by atoms with Crippen molar-refractivity contribution in [2.75, 3.05) is 6.61 Å². The second-order valence-corrected chi connectivity index (χ2v) is 5.30. The molecule has 2 saturated carbocycles. The topological polar surface area (TPSA) is 62.1 Å². The maximum atomic E-state index is 13.3. The van der Waals surface area contributed by atoms with Crippen molar-refractivity contribution in [3.8, 4) is 11.8 Å². The Morgan fingerprint density at radius 2 is 2.25 bits per heavy atom. The van der Waals surface area contributed by atoms with Gasteiger partial charge in [0, 0.05) is 6.07 Å². The summed E-state index contributed by atoms with van der Waals surface area (Å²) in [7, 11) is 0. The van der Waals surface area contributed by atoms with Crippen LogP contribution in [-0.2, 0) is 4.79 Å². The third kappa shape index (κ3) is 2.20. The van der Waals surface area contributed by atoms with E-state index >= 15 is 0 Å². The van der Waals surface area contributed by atoms with Gasteiger partial charge in [0.05, 0.1) is 11.5 Å². The quantitative estimate of drug-likeness (QED) is 0.892. The lowest BCUT2D eigenvalue weighted by atomic mass is 10.2. The summed E-state index contributed by atoms with van der Waals surface area (Å²) in [4.78, 5) is 11.8. The number of rotatable bonds is 5. The normalized spacial score (nSPS) is 26.9. The maximum Gasteiger partial charge on any atom is 0.227 e. The fourth-order valence-electron chi connectivity index (χ4n) is 2.25. The van der Waals surface area contributed by atoms with Crippen LogP contribution in [0.2, 0.25) is 0 Å². The third-order valence-corrected chi connectivity index (χ3v) is 3.90. The molecule has 0 radical (unpaired) electrons. The standard InChI is InChI=1S/C14H12F2N2O2/c15-9-1-2-12(11(16)3-9)20-7-10(6-17)18-13(19)14-4-8(14)5-14/h1-3,8,10H,4-5,7H2,(H,18,19). The molecule has 2 aliphatic carbocycles. The van der Waals surface area contributed by atoms with Crippen molar-refractivity contribution in [3.63, 3.8) is 0 Å². The molecule has 6 heteroatoms. The lowest BCUT2D eigenvalue weighted by Gasteiger charge is -2.14. The molecule has 1 aromatic rings. The molecule has 2 aliphatic rings. The minimum Gasteiger partial charge on any atom is -0.487 e. The Balaban J connectivity index is 1.55. The molecular weight excluding hydrogens is 266 g/mol. The minimum absolute atomic E-state index is 0.128. The molecule has 104 valence electrons. The number of hydrogen-bond acceptors (Lipinski definition) is 3.